The van der Waals surface area contributed by atoms with E-state index in [1.807, 2.05) is 0 Å². The van der Waals surface area contributed by atoms with Gasteiger partial charge in [-0.2, -0.15) is 0 Å². The molecule has 1 aromatic heterocycles. The van der Waals surface area contributed by atoms with Crippen molar-refractivity contribution in [3.05, 3.63) is 92.9 Å². The second-order valence-electron chi connectivity index (χ2n) is 6.57. The lowest BCUT2D eigenvalue weighted by Crippen LogP contribution is -2.41. The summed E-state index contributed by atoms with van der Waals surface area (Å²) in [6.07, 6.45) is -1.28. The minimum absolute atomic E-state index is 0.0287. The second-order valence-corrected chi connectivity index (χ2v) is 7.00. The molecule has 0 aliphatic carbocycles. The zero-order valence-electron chi connectivity index (χ0n) is 16.1. The van der Waals surface area contributed by atoms with Crippen molar-refractivity contribution in [1.82, 2.24) is 5.32 Å². The van der Waals surface area contributed by atoms with Crippen LogP contribution in [-0.4, -0.2) is 33.7 Å². The standard InChI is InChI=1S/C21H19ClN2O7/c22-14-2-1-3-16(10-14)30-12-17-8-9-19(31-17)21(27)23-18(11-25)20(26)13-4-6-15(7-5-13)24(28)29/h1-10,18,20,25-26H,11-12H2,(H,23,27). The molecule has 1 amide bonds. The smallest absolute Gasteiger partial charge is 0.287 e. The molecule has 2 atom stereocenters. The number of non-ortho nitro benzene ring substituents is 1. The summed E-state index contributed by atoms with van der Waals surface area (Å²) in [5.74, 6) is 0.260. The number of nitro benzene ring substituents is 1. The first-order valence-electron chi connectivity index (χ1n) is 9.18. The summed E-state index contributed by atoms with van der Waals surface area (Å²) >= 11 is 5.90. The Hall–Kier alpha value is -3.40. The van der Waals surface area contributed by atoms with Gasteiger partial charge in [0.05, 0.1) is 17.6 Å². The number of carbonyl (C=O) groups is 1. The number of amides is 1. The summed E-state index contributed by atoms with van der Waals surface area (Å²) in [6, 6.07) is 14.0. The summed E-state index contributed by atoms with van der Waals surface area (Å²) in [5, 5.41) is 33.8. The summed E-state index contributed by atoms with van der Waals surface area (Å²) in [4.78, 5) is 22.6. The van der Waals surface area contributed by atoms with E-state index >= 15 is 0 Å². The van der Waals surface area contributed by atoms with Crippen LogP contribution in [0.15, 0.2) is 65.1 Å². The van der Waals surface area contributed by atoms with Crippen molar-refractivity contribution in [3.8, 4) is 5.75 Å². The Kier molecular flexibility index (Phi) is 7.24. The summed E-state index contributed by atoms with van der Waals surface area (Å²) < 4.78 is 11.0. The lowest BCUT2D eigenvalue weighted by molar-refractivity contribution is -0.384. The Morgan fingerprint density at radius 3 is 2.58 bits per heavy atom. The van der Waals surface area contributed by atoms with Gasteiger partial charge in [0.15, 0.2) is 5.76 Å². The maximum Gasteiger partial charge on any atom is 0.287 e. The van der Waals surface area contributed by atoms with E-state index in [1.54, 1.807) is 30.3 Å². The third-order valence-corrected chi connectivity index (χ3v) is 4.64. The molecule has 3 aromatic rings. The van der Waals surface area contributed by atoms with E-state index in [0.717, 1.165) is 0 Å². The van der Waals surface area contributed by atoms with Gasteiger partial charge in [-0.1, -0.05) is 17.7 Å². The Labute approximate surface area is 182 Å². The van der Waals surface area contributed by atoms with Crippen LogP contribution in [0, 0.1) is 10.1 Å². The van der Waals surface area contributed by atoms with E-state index in [4.69, 9.17) is 20.8 Å². The van der Waals surface area contributed by atoms with Crippen molar-refractivity contribution in [2.24, 2.45) is 0 Å². The van der Waals surface area contributed by atoms with E-state index < -0.39 is 29.6 Å². The van der Waals surface area contributed by atoms with E-state index in [0.29, 0.717) is 22.1 Å². The Morgan fingerprint density at radius 1 is 1.19 bits per heavy atom. The van der Waals surface area contributed by atoms with Gasteiger partial charge in [0.25, 0.3) is 11.6 Å². The number of rotatable bonds is 9. The summed E-state index contributed by atoms with van der Waals surface area (Å²) in [5.41, 5.74) is 0.170. The van der Waals surface area contributed by atoms with Crippen LogP contribution >= 0.6 is 11.6 Å². The number of hydrogen-bond donors (Lipinski definition) is 3. The number of nitrogens with zero attached hydrogens (tertiary/aromatic N) is 1. The summed E-state index contributed by atoms with van der Waals surface area (Å²) in [6.45, 7) is -0.488. The number of nitrogens with one attached hydrogen (secondary N) is 1. The van der Waals surface area contributed by atoms with Gasteiger partial charge in [0.1, 0.15) is 24.2 Å². The first-order chi connectivity index (χ1) is 14.9. The molecule has 162 valence electrons. The molecule has 0 fully saturated rings. The van der Waals surface area contributed by atoms with E-state index in [-0.39, 0.29) is 18.1 Å². The molecule has 10 heteroatoms. The van der Waals surface area contributed by atoms with Gasteiger partial charge >= 0.3 is 0 Å². The molecule has 0 bridgehead atoms. The molecular formula is C21H19ClN2O7. The van der Waals surface area contributed by atoms with Gasteiger partial charge in [-0.25, -0.2) is 0 Å². The fourth-order valence-electron chi connectivity index (χ4n) is 2.78. The molecule has 0 spiro atoms. The minimum atomic E-state index is -1.28. The van der Waals surface area contributed by atoms with Gasteiger partial charge in [0, 0.05) is 17.2 Å². The predicted octanol–water partition coefficient (Wildman–Crippen LogP) is 3.24. The quantitative estimate of drug-likeness (QED) is 0.339. The lowest BCUT2D eigenvalue weighted by atomic mass is 10.0. The van der Waals surface area contributed by atoms with Crippen LogP contribution in [0.25, 0.3) is 0 Å². The SMILES string of the molecule is O=C(NC(CO)C(O)c1ccc([N+](=O)[O-])cc1)c1ccc(COc2cccc(Cl)c2)o1. The third-order valence-electron chi connectivity index (χ3n) is 4.40. The van der Waals surface area contributed by atoms with Gasteiger partial charge in [-0.15, -0.1) is 0 Å². The normalized spacial score (nSPS) is 12.7. The molecule has 0 aliphatic heterocycles. The molecular weight excluding hydrogens is 428 g/mol. The van der Waals surface area contributed by atoms with Crippen LogP contribution in [0.2, 0.25) is 5.02 Å². The highest BCUT2D eigenvalue weighted by Gasteiger charge is 2.24. The van der Waals surface area contributed by atoms with Crippen molar-refractivity contribution in [2.45, 2.75) is 18.8 Å². The van der Waals surface area contributed by atoms with E-state index in [1.165, 1.54) is 30.3 Å². The van der Waals surface area contributed by atoms with Crippen molar-refractivity contribution in [3.63, 3.8) is 0 Å². The fourth-order valence-corrected chi connectivity index (χ4v) is 2.96. The van der Waals surface area contributed by atoms with Crippen LogP contribution in [0.5, 0.6) is 5.75 Å². The average Bonchev–Trinajstić information content (AvgIpc) is 3.25. The van der Waals surface area contributed by atoms with E-state index in [9.17, 15) is 25.1 Å². The number of carbonyl (C=O) groups excluding carboxylic acids is 1. The number of ether oxygens (including phenoxy) is 1. The number of hydrogen-bond acceptors (Lipinski definition) is 7. The first kappa shape index (κ1) is 22.3. The molecule has 0 aliphatic rings. The number of benzene rings is 2. The zero-order chi connectivity index (χ0) is 22.4. The maximum absolute atomic E-state index is 12.5. The van der Waals surface area contributed by atoms with Gasteiger partial charge in [-0.05, 0) is 48.0 Å². The minimum Gasteiger partial charge on any atom is -0.486 e. The molecule has 31 heavy (non-hydrogen) atoms. The Morgan fingerprint density at radius 2 is 1.94 bits per heavy atom. The highest BCUT2D eigenvalue weighted by atomic mass is 35.5. The molecule has 1 heterocycles. The number of nitro groups is 1. The first-order valence-corrected chi connectivity index (χ1v) is 9.56. The maximum atomic E-state index is 12.5. The topological polar surface area (TPSA) is 135 Å². The van der Waals surface area contributed by atoms with E-state index in [2.05, 4.69) is 5.32 Å². The average molecular weight is 447 g/mol. The van der Waals surface area contributed by atoms with Crippen LogP contribution in [0.3, 0.4) is 0 Å². The second kappa shape index (κ2) is 10.1. The van der Waals surface area contributed by atoms with Crippen LogP contribution in [0.4, 0.5) is 5.69 Å². The van der Waals surface area contributed by atoms with Crippen molar-refractivity contribution in [1.29, 1.82) is 0 Å². The molecule has 2 unspecified atom stereocenters. The zero-order valence-corrected chi connectivity index (χ0v) is 16.9. The van der Waals surface area contributed by atoms with Crippen molar-refractivity contribution < 1.29 is 29.1 Å². The number of aliphatic hydroxyl groups excluding tert-OH is 2. The molecule has 3 N–H and O–H groups in total. The largest absolute Gasteiger partial charge is 0.486 e. The summed E-state index contributed by atoms with van der Waals surface area (Å²) in [7, 11) is 0. The van der Waals surface area contributed by atoms with Crippen LogP contribution in [0.1, 0.15) is 28.0 Å². The molecule has 0 saturated carbocycles. The fraction of sp³-hybridized carbons (Fsp3) is 0.190. The van der Waals surface area contributed by atoms with Gasteiger partial charge in [0.2, 0.25) is 0 Å². The highest BCUT2D eigenvalue weighted by molar-refractivity contribution is 6.30. The van der Waals surface area contributed by atoms with Crippen LogP contribution in [-0.2, 0) is 6.61 Å². The monoisotopic (exact) mass is 446 g/mol. The molecule has 9 nitrogen and oxygen atoms in total. The number of furan rings is 1. The highest BCUT2D eigenvalue weighted by Crippen LogP contribution is 2.22. The molecule has 0 saturated heterocycles. The molecule has 0 radical (unpaired) electrons. The van der Waals surface area contributed by atoms with Gasteiger partial charge in [-0.3, -0.25) is 14.9 Å². The lowest BCUT2D eigenvalue weighted by Gasteiger charge is -2.22. The van der Waals surface area contributed by atoms with Crippen molar-refractivity contribution in [2.75, 3.05) is 6.61 Å². The predicted molar refractivity (Wildman–Crippen MR) is 111 cm³/mol. The number of halogens is 1. The van der Waals surface area contributed by atoms with Crippen LogP contribution < -0.4 is 10.1 Å². The van der Waals surface area contributed by atoms with Crippen molar-refractivity contribution >= 4 is 23.2 Å². The van der Waals surface area contributed by atoms with Gasteiger partial charge < -0.3 is 24.7 Å². The Balaban J connectivity index is 1.60. The molecule has 3 rings (SSSR count). The number of aliphatic hydroxyl groups is 2. The third kappa shape index (κ3) is 5.82. The molecule has 2 aromatic carbocycles. The Bertz CT molecular complexity index is 1050.